The van der Waals surface area contributed by atoms with Crippen molar-refractivity contribution in [2.45, 2.75) is 39.0 Å². The highest BCUT2D eigenvalue weighted by molar-refractivity contribution is 4.96. The van der Waals surface area contributed by atoms with Gasteiger partial charge < -0.3 is 0 Å². The maximum Gasteiger partial charge on any atom is 0.0625 e. The Morgan fingerprint density at radius 3 is 2.70 bits per heavy atom. The van der Waals surface area contributed by atoms with E-state index in [0.29, 0.717) is 6.42 Å². The van der Waals surface area contributed by atoms with Crippen LogP contribution in [0.1, 0.15) is 39.0 Å². The monoisotopic (exact) mass is 137 g/mol. The molecule has 0 radical (unpaired) electrons. The summed E-state index contributed by atoms with van der Waals surface area (Å²) in [6.45, 7) is 6.04. The molecule has 0 aromatic rings. The van der Waals surface area contributed by atoms with Crippen molar-refractivity contribution in [3.63, 3.8) is 0 Å². The van der Waals surface area contributed by atoms with Gasteiger partial charge in [0.1, 0.15) is 0 Å². The van der Waals surface area contributed by atoms with Crippen molar-refractivity contribution < 1.29 is 0 Å². The van der Waals surface area contributed by atoms with Crippen LogP contribution in [0.5, 0.6) is 0 Å². The predicted molar refractivity (Wildman–Crippen MR) is 43.5 cm³/mol. The summed E-state index contributed by atoms with van der Waals surface area (Å²) >= 11 is 0. The van der Waals surface area contributed by atoms with Crippen molar-refractivity contribution in [2.75, 3.05) is 0 Å². The Bertz CT molecular complexity index is 130. The van der Waals surface area contributed by atoms with Gasteiger partial charge in [-0.15, -0.1) is 0 Å². The zero-order valence-corrected chi connectivity index (χ0v) is 6.69. The van der Waals surface area contributed by atoms with Gasteiger partial charge in [0.15, 0.2) is 0 Å². The Hall–Kier alpha value is -0.770. The minimum atomic E-state index is 0.628. The van der Waals surface area contributed by atoms with E-state index in [4.69, 9.17) is 5.26 Å². The van der Waals surface area contributed by atoms with Gasteiger partial charge in [0.2, 0.25) is 0 Å². The van der Waals surface area contributed by atoms with Crippen molar-refractivity contribution in [1.82, 2.24) is 0 Å². The van der Waals surface area contributed by atoms with Crippen molar-refractivity contribution in [1.29, 1.82) is 5.26 Å². The molecule has 56 valence electrons. The number of nitrogens with zero attached hydrogens (tertiary/aromatic N) is 1. The molecule has 0 spiro atoms. The van der Waals surface area contributed by atoms with Crippen LogP contribution in [0.25, 0.3) is 0 Å². The zero-order chi connectivity index (χ0) is 7.82. The van der Waals surface area contributed by atoms with Crippen LogP contribution in [-0.4, -0.2) is 0 Å². The van der Waals surface area contributed by atoms with Crippen LogP contribution in [0, 0.1) is 11.3 Å². The van der Waals surface area contributed by atoms with Crippen LogP contribution < -0.4 is 0 Å². The van der Waals surface area contributed by atoms with Crippen LogP contribution in [0.2, 0.25) is 0 Å². The molecule has 0 heterocycles. The Kier molecular flexibility index (Phi) is 5.86. The van der Waals surface area contributed by atoms with Crippen LogP contribution in [-0.2, 0) is 0 Å². The van der Waals surface area contributed by atoms with E-state index >= 15 is 0 Å². The van der Waals surface area contributed by atoms with E-state index in [0.717, 1.165) is 12.8 Å². The van der Waals surface area contributed by atoms with Crippen molar-refractivity contribution in [3.8, 4) is 6.07 Å². The molecule has 0 aromatic carbocycles. The molecule has 0 saturated carbocycles. The lowest BCUT2D eigenvalue weighted by Gasteiger charge is -1.99. The molecule has 0 rings (SSSR count). The first kappa shape index (κ1) is 9.23. The summed E-state index contributed by atoms with van der Waals surface area (Å²) in [5.41, 5.74) is 1.23. The Labute approximate surface area is 63.4 Å². The minimum Gasteiger partial charge on any atom is -0.198 e. The van der Waals surface area contributed by atoms with Crippen LogP contribution in [0.15, 0.2) is 12.2 Å². The number of hydrogen-bond donors (Lipinski definition) is 0. The zero-order valence-electron chi connectivity index (χ0n) is 6.69. The molecule has 0 atom stereocenters. The summed E-state index contributed by atoms with van der Waals surface area (Å²) in [7, 11) is 0. The average Bonchev–Trinajstić information content (AvgIpc) is 1.97. The molecule has 0 aliphatic carbocycles. The van der Waals surface area contributed by atoms with Crippen LogP contribution >= 0.6 is 0 Å². The molecule has 1 nitrogen and oxygen atoms in total. The molecule has 0 unspecified atom stereocenters. The average molecular weight is 137 g/mol. The molecule has 0 bridgehead atoms. The lowest BCUT2D eigenvalue weighted by molar-refractivity contribution is 0.758. The highest BCUT2D eigenvalue weighted by Gasteiger charge is 1.91. The lowest BCUT2D eigenvalue weighted by Crippen LogP contribution is -1.80. The molecule has 0 aliphatic rings. The maximum absolute atomic E-state index is 8.25. The summed E-state index contributed by atoms with van der Waals surface area (Å²) in [6.07, 6.45) is 5.03. The highest BCUT2D eigenvalue weighted by atomic mass is 14.2. The molecular formula is C9H15N. The number of hydrogen-bond acceptors (Lipinski definition) is 1. The summed E-state index contributed by atoms with van der Waals surface area (Å²) in [4.78, 5) is 0. The van der Waals surface area contributed by atoms with Crippen molar-refractivity contribution in [2.24, 2.45) is 0 Å². The second kappa shape index (κ2) is 6.35. The summed E-state index contributed by atoms with van der Waals surface area (Å²) in [5, 5.41) is 8.25. The normalized spacial score (nSPS) is 8.80. The Morgan fingerprint density at radius 1 is 1.50 bits per heavy atom. The quantitative estimate of drug-likeness (QED) is 0.534. The number of rotatable bonds is 5. The number of unbranched alkanes of at least 4 members (excludes halogenated alkanes) is 1. The van der Waals surface area contributed by atoms with Gasteiger partial charge in [-0.2, -0.15) is 5.26 Å². The van der Waals surface area contributed by atoms with E-state index in [1.54, 1.807) is 0 Å². The van der Waals surface area contributed by atoms with Gasteiger partial charge in [0.05, 0.1) is 6.07 Å². The molecule has 1 heteroatoms. The smallest absolute Gasteiger partial charge is 0.0625 e. The van der Waals surface area contributed by atoms with E-state index < -0.39 is 0 Å². The fourth-order valence-corrected chi connectivity index (χ4v) is 0.784. The largest absolute Gasteiger partial charge is 0.198 e. The van der Waals surface area contributed by atoms with Crippen LogP contribution in [0.4, 0.5) is 0 Å². The predicted octanol–water partition coefficient (Wildman–Crippen LogP) is 3.04. The lowest BCUT2D eigenvalue weighted by atomic mass is 10.1. The van der Waals surface area contributed by atoms with Crippen molar-refractivity contribution >= 4 is 0 Å². The third kappa shape index (κ3) is 5.37. The van der Waals surface area contributed by atoms with Crippen molar-refractivity contribution in [3.05, 3.63) is 12.2 Å². The first-order chi connectivity index (χ1) is 4.81. The second-order valence-corrected chi connectivity index (χ2v) is 2.51. The maximum atomic E-state index is 8.25. The summed E-state index contributed by atoms with van der Waals surface area (Å²) in [6, 6.07) is 2.11. The Balaban J connectivity index is 3.19. The van der Waals surface area contributed by atoms with Gasteiger partial charge >= 0.3 is 0 Å². The van der Waals surface area contributed by atoms with Gasteiger partial charge in [-0.25, -0.2) is 0 Å². The fourth-order valence-electron chi connectivity index (χ4n) is 0.784. The summed E-state index contributed by atoms with van der Waals surface area (Å²) in [5.74, 6) is 0. The van der Waals surface area contributed by atoms with E-state index in [1.165, 1.54) is 18.4 Å². The minimum absolute atomic E-state index is 0.628. The number of allylic oxidation sites excluding steroid dienone is 1. The van der Waals surface area contributed by atoms with E-state index in [2.05, 4.69) is 19.6 Å². The topological polar surface area (TPSA) is 23.8 Å². The third-order valence-electron chi connectivity index (χ3n) is 1.47. The first-order valence-corrected chi connectivity index (χ1v) is 3.84. The second-order valence-electron chi connectivity index (χ2n) is 2.51. The number of nitriles is 1. The molecular weight excluding hydrogens is 122 g/mol. The molecule has 0 N–H and O–H groups in total. The Morgan fingerprint density at radius 2 is 2.20 bits per heavy atom. The summed E-state index contributed by atoms with van der Waals surface area (Å²) < 4.78 is 0. The molecule has 10 heavy (non-hydrogen) atoms. The standard InChI is InChI=1S/C9H15N/c1-3-4-6-9(2)7-5-8-10/h2-7H2,1H3. The van der Waals surface area contributed by atoms with Gasteiger partial charge in [0.25, 0.3) is 0 Å². The fraction of sp³-hybridized carbons (Fsp3) is 0.667. The molecule has 0 amide bonds. The molecule has 0 aliphatic heterocycles. The third-order valence-corrected chi connectivity index (χ3v) is 1.47. The molecule has 0 aromatic heterocycles. The molecule has 0 fully saturated rings. The van der Waals surface area contributed by atoms with Gasteiger partial charge in [0, 0.05) is 6.42 Å². The van der Waals surface area contributed by atoms with Gasteiger partial charge in [-0.3, -0.25) is 0 Å². The van der Waals surface area contributed by atoms with Gasteiger partial charge in [-0.05, 0) is 19.3 Å². The first-order valence-electron chi connectivity index (χ1n) is 3.84. The molecule has 0 saturated heterocycles. The van der Waals surface area contributed by atoms with E-state index in [9.17, 15) is 0 Å². The van der Waals surface area contributed by atoms with E-state index in [1.807, 2.05) is 0 Å². The highest BCUT2D eigenvalue weighted by Crippen LogP contribution is 2.09. The SMILES string of the molecule is C=C(CCC#N)CCCC. The van der Waals surface area contributed by atoms with Crippen LogP contribution in [0.3, 0.4) is 0 Å². The van der Waals surface area contributed by atoms with Gasteiger partial charge in [-0.1, -0.05) is 25.5 Å². The van der Waals surface area contributed by atoms with E-state index in [-0.39, 0.29) is 0 Å².